The van der Waals surface area contributed by atoms with E-state index >= 15 is 0 Å². The monoisotopic (exact) mass is 345 g/mol. The molecule has 0 unspecified atom stereocenters. The minimum Gasteiger partial charge on any atom is -0.349 e. The molecule has 0 spiro atoms. The molecule has 2 heterocycles. The molecule has 1 saturated heterocycles. The topological polar surface area (TPSA) is 71.8 Å². The highest BCUT2D eigenvalue weighted by Gasteiger charge is 2.50. The van der Waals surface area contributed by atoms with Crippen molar-refractivity contribution >= 4 is 17.5 Å². The van der Waals surface area contributed by atoms with E-state index in [0.29, 0.717) is 6.42 Å². The highest BCUT2D eigenvalue weighted by Crippen LogP contribution is 2.49. The number of rotatable bonds is 5. The average Bonchev–Trinajstić information content (AvgIpc) is 2.99. The van der Waals surface area contributed by atoms with Crippen LogP contribution in [0.1, 0.15) is 24.4 Å². The molecular formula is C17H20ClN5O. The van der Waals surface area contributed by atoms with Gasteiger partial charge in [-0.3, -0.25) is 4.79 Å². The third-order valence-electron chi connectivity index (χ3n) is 5.10. The summed E-state index contributed by atoms with van der Waals surface area (Å²) < 4.78 is 1.82. The summed E-state index contributed by atoms with van der Waals surface area (Å²) in [4.78, 5) is 12.9. The molecule has 2 aromatic rings. The van der Waals surface area contributed by atoms with Gasteiger partial charge in [-0.25, -0.2) is 4.68 Å². The lowest BCUT2D eigenvalue weighted by Gasteiger charge is -2.23. The fraction of sp³-hybridized carbons (Fsp3) is 0.471. The molecule has 2 atom stereocenters. The number of aromatic nitrogens is 3. The number of hydrogen-bond acceptors (Lipinski definition) is 4. The Bertz CT molecular complexity index is 728. The van der Waals surface area contributed by atoms with E-state index in [1.54, 1.807) is 6.20 Å². The number of carbonyl (C=O) groups is 1. The van der Waals surface area contributed by atoms with Gasteiger partial charge in [0.05, 0.1) is 23.7 Å². The van der Waals surface area contributed by atoms with Gasteiger partial charge in [0.1, 0.15) is 0 Å². The zero-order chi connectivity index (χ0) is 16.6. The van der Waals surface area contributed by atoms with E-state index < -0.39 is 0 Å². The lowest BCUT2D eigenvalue weighted by atomic mass is 9.95. The number of hydrogen-bond donors (Lipinski definition) is 2. The normalized spacial score (nSPS) is 24.7. The number of amides is 1. The second-order valence-corrected chi connectivity index (χ2v) is 7.14. The van der Waals surface area contributed by atoms with Crippen LogP contribution in [-0.2, 0) is 11.2 Å². The van der Waals surface area contributed by atoms with Gasteiger partial charge in [0, 0.05) is 24.3 Å². The van der Waals surface area contributed by atoms with Gasteiger partial charge in [0.15, 0.2) is 0 Å². The molecule has 2 aliphatic rings. The largest absolute Gasteiger partial charge is 0.349 e. The Morgan fingerprint density at radius 1 is 1.38 bits per heavy atom. The summed E-state index contributed by atoms with van der Waals surface area (Å²) in [5, 5.41) is 15.2. The molecule has 2 N–H and O–H groups in total. The second-order valence-electron chi connectivity index (χ2n) is 6.74. The molecule has 1 aromatic heterocycles. The summed E-state index contributed by atoms with van der Waals surface area (Å²) in [7, 11) is 0. The molecule has 2 fully saturated rings. The van der Waals surface area contributed by atoms with Gasteiger partial charge in [0.2, 0.25) is 5.91 Å². The fourth-order valence-electron chi connectivity index (χ4n) is 3.45. The van der Waals surface area contributed by atoms with Crippen LogP contribution in [0.2, 0.25) is 5.02 Å². The molecular weight excluding hydrogens is 326 g/mol. The van der Waals surface area contributed by atoms with Crippen LogP contribution in [0.15, 0.2) is 36.7 Å². The van der Waals surface area contributed by atoms with Crippen LogP contribution in [0.5, 0.6) is 0 Å². The van der Waals surface area contributed by atoms with Crippen LogP contribution >= 0.6 is 11.6 Å². The van der Waals surface area contributed by atoms with Crippen molar-refractivity contribution in [3.8, 4) is 0 Å². The summed E-state index contributed by atoms with van der Waals surface area (Å²) >= 11 is 6.26. The highest BCUT2D eigenvalue weighted by molar-refractivity contribution is 6.31. The molecule has 1 aromatic carbocycles. The van der Waals surface area contributed by atoms with Gasteiger partial charge < -0.3 is 10.6 Å². The zero-order valence-electron chi connectivity index (χ0n) is 13.3. The van der Waals surface area contributed by atoms with Crippen molar-refractivity contribution in [2.24, 2.45) is 5.41 Å². The maximum absolute atomic E-state index is 12.9. The van der Waals surface area contributed by atoms with Crippen molar-refractivity contribution in [2.45, 2.75) is 31.3 Å². The predicted molar refractivity (Wildman–Crippen MR) is 90.7 cm³/mol. The molecule has 6 nitrogen and oxygen atoms in total. The first kappa shape index (κ1) is 15.6. The lowest BCUT2D eigenvalue weighted by Crippen LogP contribution is -2.45. The molecule has 1 saturated carbocycles. The SMILES string of the molecule is O=C(N[C@@H]1CNC[C@@H]1n1ccnn1)C1(Cc2ccccc2Cl)CC1. The first-order valence-corrected chi connectivity index (χ1v) is 8.67. The van der Waals surface area contributed by atoms with Crippen LogP contribution in [0.25, 0.3) is 0 Å². The van der Waals surface area contributed by atoms with Crippen LogP contribution in [-0.4, -0.2) is 40.0 Å². The minimum absolute atomic E-state index is 0.0305. The number of nitrogens with zero attached hydrogens (tertiary/aromatic N) is 3. The third-order valence-corrected chi connectivity index (χ3v) is 5.47. The van der Waals surface area contributed by atoms with Gasteiger partial charge in [0.25, 0.3) is 0 Å². The number of nitrogens with one attached hydrogen (secondary N) is 2. The van der Waals surface area contributed by atoms with Gasteiger partial charge >= 0.3 is 0 Å². The quantitative estimate of drug-likeness (QED) is 0.863. The Labute approximate surface area is 145 Å². The van der Waals surface area contributed by atoms with Crippen molar-refractivity contribution in [3.63, 3.8) is 0 Å². The summed E-state index contributed by atoms with van der Waals surface area (Å²) in [6, 6.07) is 7.91. The number of carbonyl (C=O) groups excluding carboxylic acids is 1. The van der Waals surface area contributed by atoms with Crippen LogP contribution in [0, 0.1) is 5.41 Å². The Morgan fingerprint density at radius 3 is 2.92 bits per heavy atom. The van der Waals surface area contributed by atoms with Gasteiger partial charge in [-0.2, -0.15) is 0 Å². The standard InChI is InChI=1S/C17H20ClN5O/c18-13-4-2-1-3-12(13)9-17(5-6-17)16(24)21-14-10-19-11-15(14)23-8-7-20-22-23/h1-4,7-8,14-15,19H,5-6,9-11H2,(H,21,24)/t14-,15+/m1/s1. The predicted octanol–water partition coefficient (Wildman–Crippen LogP) is 1.58. The van der Waals surface area contributed by atoms with Gasteiger partial charge in [-0.1, -0.05) is 35.0 Å². The van der Waals surface area contributed by atoms with Crippen LogP contribution in [0.3, 0.4) is 0 Å². The smallest absolute Gasteiger partial charge is 0.226 e. The molecule has 1 amide bonds. The Morgan fingerprint density at radius 2 is 2.21 bits per heavy atom. The molecule has 1 aliphatic heterocycles. The lowest BCUT2D eigenvalue weighted by molar-refractivity contribution is -0.127. The third kappa shape index (κ3) is 2.91. The van der Waals surface area contributed by atoms with Crippen molar-refractivity contribution in [3.05, 3.63) is 47.2 Å². The van der Waals surface area contributed by atoms with E-state index in [1.807, 2.05) is 35.1 Å². The Hall–Kier alpha value is -1.92. The highest BCUT2D eigenvalue weighted by atomic mass is 35.5. The van der Waals surface area contributed by atoms with Gasteiger partial charge in [-0.05, 0) is 30.9 Å². The fourth-order valence-corrected chi connectivity index (χ4v) is 3.65. The minimum atomic E-state index is -0.305. The molecule has 24 heavy (non-hydrogen) atoms. The van der Waals surface area contributed by atoms with Crippen molar-refractivity contribution in [2.75, 3.05) is 13.1 Å². The molecule has 0 bridgehead atoms. The van der Waals surface area contributed by atoms with E-state index in [9.17, 15) is 4.79 Å². The zero-order valence-corrected chi connectivity index (χ0v) is 14.0. The second kappa shape index (κ2) is 6.18. The number of benzene rings is 1. The average molecular weight is 346 g/mol. The summed E-state index contributed by atoms with van der Waals surface area (Å²) in [5.74, 6) is 0.126. The molecule has 1 aliphatic carbocycles. The summed E-state index contributed by atoms with van der Waals surface area (Å²) in [6.07, 6.45) is 6.04. The molecule has 4 rings (SSSR count). The molecule has 7 heteroatoms. The van der Waals surface area contributed by atoms with Crippen LogP contribution in [0.4, 0.5) is 0 Å². The first-order chi connectivity index (χ1) is 11.7. The first-order valence-electron chi connectivity index (χ1n) is 8.29. The van der Waals surface area contributed by atoms with Gasteiger partial charge in [-0.15, -0.1) is 5.10 Å². The Balaban J connectivity index is 1.45. The summed E-state index contributed by atoms with van der Waals surface area (Å²) in [6.45, 7) is 1.53. The van der Waals surface area contributed by atoms with Crippen LogP contribution < -0.4 is 10.6 Å². The van der Waals surface area contributed by atoms with E-state index in [-0.39, 0.29) is 23.4 Å². The van der Waals surface area contributed by atoms with Crippen molar-refractivity contribution in [1.29, 1.82) is 0 Å². The Kier molecular flexibility index (Phi) is 4.02. The van der Waals surface area contributed by atoms with E-state index in [4.69, 9.17) is 11.6 Å². The van der Waals surface area contributed by atoms with E-state index in [2.05, 4.69) is 20.9 Å². The van der Waals surface area contributed by atoms with E-state index in [1.165, 1.54) is 0 Å². The molecule has 126 valence electrons. The van der Waals surface area contributed by atoms with E-state index in [0.717, 1.165) is 36.5 Å². The molecule has 0 radical (unpaired) electrons. The summed E-state index contributed by atoms with van der Waals surface area (Å²) in [5.41, 5.74) is 0.740. The maximum atomic E-state index is 12.9. The van der Waals surface area contributed by atoms with Crippen molar-refractivity contribution < 1.29 is 4.79 Å². The maximum Gasteiger partial charge on any atom is 0.226 e. The van der Waals surface area contributed by atoms with Crippen molar-refractivity contribution in [1.82, 2.24) is 25.6 Å². The number of halogens is 1.